The highest BCUT2D eigenvalue weighted by atomic mass is 16.7. The summed E-state index contributed by atoms with van der Waals surface area (Å²) in [5, 5.41) is 18.9. The highest BCUT2D eigenvalue weighted by Crippen LogP contribution is 2.10. The standard InChI is InChI=1S/C15H14O3.C14H18O4.C12H21NO5.C8H8O3.C7H12O4.CH4/c16-15(17-11-13-7-3-1-4-8-13)18-12-14-9-5-2-6-10-14;1-3-17-14(16)11(2)9-13(15)18-10-12-7-5-4-6-8-12;1-5-17-11(15)8(3)7-10(14)13-9(4)12(16)18-6-2;9-8(10)11-6-7-4-2-1-3-5-7;1-3-11-7(10)5(2)4-6(8)9;/h1-10H,11-12H2;4-8,11H,3,9-10H2,1-2H3;8-9H,5-7H2,1-4H3,(H,13,14);1-5H,6H2,(H,9,10);5H,3-4H2,1-2H3,(H,8,9);1H4. The van der Waals surface area contributed by atoms with E-state index in [1.165, 1.54) is 13.8 Å². The fourth-order valence-electron chi connectivity index (χ4n) is 5.51. The molecule has 0 aliphatic carbocycles. The third kappa shape index (κ3) is 38.0. The quantitative estimate of drug-likeness (QED) is 0.0460. The summed E-state index contributed by atoms with van der Waals surface area (Å²) >= 11 is 0. The van der Waals surface area contributed by atoms with Gasteiger partial charge in [-0.15, -0.1) is 0 Å². The first-order valence-electron chi connectivity index (χ1n) is 24.4. The zero-order chi connectivity index (χ0) is 57.1. The van der Waals surface area contributed by atoms with Crippen molar-refractivity contribution in [3.8, 4) is 0 Å². The Morgan fingerprint density at radius 1 is 0.403 bits per heavy atom. The van der Waals surface area contributed by atoms with Crippen LogP contribution in [0.5, 0.6) is 0 Å². The maximum absolute atomic E-state index is 11.6. The van der Waals surface area contributed by atoms with Crippen LogP contribution < -0.4 is 5.32 Å². The number of benzene rings is 4. The topological polar surface area (TPSA) is 280 Å². The molecule has 424 valence electrons. The molecule has 0 heterocycles. The van der Waals surface area contributed by atoms with Crippen molar-refractivity contribution in [2.45, 2.75) is 115 Å². The molecule has 20 heteroatoms. The molecule has 4 unspecified atom stereocenters. The van der Waals surface area contributed by atoms with E-state index in [0.29, 0.717) is 13.2 Å². The van der Waals surface area contributed by atoms with Crippen molar-refractivity contribution in [2.75, 3.05) is 26.4 Å². The second kappa shape index (κ2) is 44.0. The van der Waals surface area contributed by atoms with Gasteiger partial charge in [0, 0.05) is 6.42 Å². The summed E-state index contributed by atoms with van der Waals surface area (Å²) in [5.74, 6) is -5.02. The largest absolute Gasteiger partial charge is 0.508 e. The Morgan fingerprint density at radius 2 is 0.701 bits per heavy atom. The van der Waals surface area contributed by atoms with E-state index >= 15 is 0 Å². The van der Waals surface area contributed by atoms with Crippen molar-refractivity contribution >= 4 is 54.0 Å². The number of carboxylic acids is 1. The number of rotatable bonds is 23. The highest BCUT2D eigenvalue weighted by molar-refractivity contribution is 5.87. The number of ether oxygens (including phenoxy) is 8. The summed E-state index contributed by atoms with van der Waals surface area (Å²) in [6.45, 7) is 15.1. The molecule has 77 heavy (non-hydrogen) atoms. The van der Waals surface area contributed by atoms with Crippen molar-refractivity contribution in [1.29, 1.82) is 0 Å². The first-order valence-corrected chi connectivity index (χ1v) is 24.4. The number of aliphatic carboxylic acids is 1. The van der Waals surface area contributed by atoms with Gasteiger partial charge in [-0.05, 0) is 56.9 Å². The zero-order valence-electron chi connectivity index (χ0n) is 44.5. The summed E-state index contributed by atoms with van der Waals surface area (Å²) in [4.78, 5) is 99.2. The third-order valence-electron chi connectivity index (χ3n) is 9.38. The molecule has 0 spiro atoms. The number of amides is 1. The minimum absolute atomic E-state index is 0. The Hall–Kier alpha value is -8.29. The number of hydrogen-bond acceptors (Lipinski definition) is 17. The van der Waals surface area contributed by atoms with Gasteiger partial charge in [0.25, 0.3) is 0 Å². The summed E-state index contributed by atoms with van der Waals surface area (Å²) in [6.07, 6.45) is -2.02. The van der Waals surface area contributed by atoms with E-state index in [0.717, 1.165) is 22.3 Å². The Morgan fingerprint density at radius 3 is 1.03 bits per heavy atom. The molecule has 4 atom stereocenters. The molecule has 0 saturated heterocycles. The molecule has 0 aliphatic rings. The predicted molar refractivity (Wildman–Crippen MR) is 283 cm³/mol. The average Bonchev–Trinajstić information content (AvgIpc) is 3.40. The predicted octanol–water partition coefficient (Wildman–Crippen LogP) is 9.68. The molecule has 0 saturated carbocycles. The number of carboxylic acid groups (broad SMARTS) is 2. The molecule has 0 fully saturated rings. The molecule has 3 N–H and O–H groups in total. The summed E-state index contributed by atoms with van der Waals surface area (Å²) in [5.41, 5.74) is 3.66. The van der Waals surface area contributed by atoms with E-state index in [1.54, 1.807) is 41.5 Å². The average molecular weight is 1080 g/mol. The fourth-order valence-corrected chi connectivity index (χ4v) is 5.51. The van der Waals surface area contributed by atoms with Crippen LogP contribution in [0.25, 0.3) is 0 Å². The van der Waals surface area contributed by atoms with Crippen LogP contribution in [0.4, 0.5) is 9.59 Å². The minimum atomic E-state index is -1.24. The monoisotopic (exact) mass is 1080 g/mol. The van der Waals surface area contributed by atoms with E-state index in [-0.39, 0.29) is 84.2 Å². The molecule has 20 nitrogen and oxygen atoms in total. The van der Waals surface area contributed by atoms with E-state index in [9.17, 15) is 43.2 Å². The number of hydrogen-bond donors (Lipinski definition) is 3. The molecule has 0 radical (unpaired) electrons. The Labute approximate surface area is 451 Å². The molecular weight excluding hydrogens is 1000 g/mol. The van der Waals surface area contributed by atoms with Crippen LogP contribution in [-0.2, 0) is 97.9 Å². The molecule has 4 aromatic carbocycles. The Balaban J connectivity index is 0. The van der Waals surface area contributed by atoms with E-state index in [4.69, 9.17) is 38.6 Å². The lowest BCUT2D eigenvalue weighted by Crippen LogP contribution is -2.40. The molecular formula is C57H77NO19. The maximum Gasteiger partial charge on any atom is 0.508 e. The van der Waals surface area contributed by atoms with Gasteiger partial charge in [0.05, 0.1) is 57.0 Å². The van der Waals surface area contributed by atoms with Crippen LogP contribution in [0, 0.1) is 17.8 Å². The SMILES string of the molecule is C.CCOC(=O)C(C)CC(=O)NC(C)C(=O)OCC.CCOC(=O)C(C)CC(=O)O.CCOC(=O)C(C)CC(=O)OCc1ccccc1.O=C(O)OCc1ccccc1.O=C(OCc1ccccc1)OCc1ccccc1. The van der Waals surface area contributed by atoms with Crippen LogP contribution >= 0.6 is 0 Å². The van der Waals surface area contributed by atoms with Crippen molar-refractivity contribution in [3.63, 3.8) is 0 Å². The van der Waals surface area contributed by atoms with Crippen molar-refractivity contribution < 1.29 is 91.3 Å². The van der Waals surface area contributed by atoms with Crippen molar-refractivity contribution in [2.24, 2.45) is 17.8 Å². The summed E-state index contributed by atoms with van der Waals surface area (Å²) in [7, 11) is 0. The molecule has 0 bridgehead atoms. The van der Waals surface area contributed by atoms with Gasteiger partial charge in [0.15, 0.2) is 0 Å². The molecule has 0 aromatic heterocycles. The lowest BCUT2D eigenvalue weighted by Gasteiger charge is -2.14. The number of carbonyl (C=O) groups excluding carboxylic acids is 7. The van der Waals surface area contributed by atoms with E-state index in [2.05, 4.69) is 14.8 Å². The molecule has 4 aromatic rings. The highest BCUT2D eigenvalue weighted by Gasteiger charge is 2.22. The van der Waals surface area contributed by atoms with Crippen LogP contribution in [0.1, 0.15) is 104 Å². The molecule has 4 rings (SSSR count). The van der Waals surface area contributed by atoms with Crippen LogP contribution in [-0.4, -0.2) is 96.7 Å². The Kier molecular flexibility index (Phi) is 40.5. The lowest BCUT2D eigenvalue weighted by atomic mass is 10.1. The maximum atomic E-state index is 11.6. The van der Waals surface area contributed by atoms with E-state index in [1.807, 2.05) is 121 Å². The molecule has 1 amide bonds. The van der Waals surface area contributed by atoms with Gasteiger partial charge in [0.1, 0.15) is 32.5 Å². The van der Waals surface area contributed by atoms with Gasteiger partial charge >= 0.3 is 48.1 Å². The number of nitrogens with one attached hydrogen (secondary N) is 1. The third-order valence-corrected chi connectivity index (χ3v) is 9.38. The van der Waals surface area contributed by atoms with Crippen molar-refractivity contribution in [3.05, 3.63) is 144 Å². The Bertz CT molecular complexity index is 2210. The second-order valence-corrected chi connectivity index (χ2v) is 16.0. The van der Waals surface area contributed by atoms with Gasteiger partial charge < -0.3 is 53.4 Å². The normalized spacial score (nSPS) is 11.2. The van der Waals surface area contributed by atoms with E-state index < -0.39 is 60.0 Å². The summed E-state index contributed by atoms with van der Waals surface area (Å²) < 4.78 is 38.4. The van der Waals surface area contributed by atoms with Gasteiger partial charge in [-0.2, -0.15) is 0 Å². The second-order valence-electron chi connectivity index (χ2n) is 16.0. The smallest absolute Gasteiger partial charge is 0.481 e. The number of esters is 5. The first-order chi connectivity index (χ1) is 36.3. The summed E-state index contributed by atoms with van der Waals surface area (Å²) in [6, 6.07) is 36.8. The van der Waals surface area contributed by atoms with Gasteiger partial charge in [-0.25, -0.2) is 14.4 Å². The van der Waals surface area contributed by atoms with Gasteiger partial charge in [-0.1, -0.05) is 150 Å². The zero-order valence-corrected chi connectivity index (χ0v) is 44.5. The first kappa shape index (κ1) is 70.8. The number of carbonyl (C=O) groups is 9. The van der Waals surface area contributed by atoms with Crippen LogP contribution in [0.15, 0.2) is 121 Å². The minimum Gasteiger partial charge on any atom is -0.481 e. The van der Waals surface area contributed by atoms with Crippen molar-refractivity contribution in [1.82, 2.24) is 5.32 Å². The van der Waals surface area contributed by atoms with Crippen LogP contribution in [0.2, 0.25) is 0 Å². The molecule has 0 aliphatic heterocycles. The van der Waals surface area contributed by atoms with Crippen LogP contribution in [0.3, 0.4) is 0 Å². The lowest BCUT2D eigenvalue weighted by molar-refractivity contribution is -0.154. The van der Waals surface area contributed by atoms with Gasteiger partial charge in [0.2, 0.25) is 5.91 Å². The fraction of sp³-hybridized carbons (Fsp3) is 0.421. The van der Waals surface area contributed by atoms with Gasteiger partial charge in [-0.3, -0.25) is 28.8 Å².